The molecule has 3 heterocycles. The first-order valence-corrected chi connectivity index (χ1v) is 25.5. The highest BCUT2D eigenvalue weighted by atomic mass is 16.8. The summed E-state index contributed by atoms with van der Waals surface area (Å²) >= 11 is 0. The Morgan fingerprint density at radius 1 is 0.543 bits per heavy atom. The second-order valence-corrected chi connectivity index (χ2v) is 18.3. The van der Waals surface area contributed by atoms with Gasteiger partial charge in [0.05, 0.1) is 38.6 Å². The first-order valence-electron chi connectivity index (χ1n) is 25.5. The summed E-state index contributed by atoms with van der Waals surface area (Å²) in [5.41, 5.74) is 0. The molecular weight excluding hydrogens is 915 g/mol. The van der Waals surface area contributed by atoms with Crippen LogP contribution in [0.1, 0.15) is 123 Å². The second-order valence-electron chi connectivity index (χ2n) is 18.3. The minimum atomic E-state index is -1.98. The Balaban J connectivity index is 1.56. The van der Waals surface area contributed by atoms with E-state index in [-0.39, 0.29) is 18.9 Å². The number of amides is 1. The molecule has 3 aliphatic rings. The van der Waals surface area contributed by atoms with Crippen LogP contribution < -0.4 is 5.32 Å². The molecule has 0 aliphatic carbocycles. The maximum Gasteiger partial charge on any atom is 0.220 e. The molecule has 70 heavy (non-hydrogen) atoms. The van der Waals surface area contributed by atoms with Gasteiger partial charge in [-0.1, -0.05) is 106 Å². The zero-order valence-corrected chi connectivity index (χ0v) is 41.2. The van der Waals surface area contributed by atoms with Gasteiger partial charge in [0.15, 0.2) is 18.9 Å². The van der Waals surface area contributed by atoms with Crippen LogP contribution in [-0.2, 0) is 33.2 Å². The predicted molar refractivity (Wildman–Crippen MR) is 258 cm³/mol. The molecule has 0 radical (unpaired) electrons. The van der Waals surface area contributed by atoms with E-state index in [9.17, 15) is 61.0 Å². The molecule has 0 spiro atoms. The Kier molecular flexibility index (Phi) is 31.4. The van der Waals surface area contributed by atoms with E-state index in [1.54, 1.807) is 12.2 Å². The summed E-state index contributed by atoms with van der Waals surface area (Å²) < 4.78 is 34.0. The number of carbonyl (C=O) groups is 1. The lowest BCUT2D eigenvalue weighted by atomic mass is 9.96. The molecule has 17 atom stereocenters. The van der Waals surface area contributed by atoms with Gasteiger partial charge in [-0.25, -0.2) is 0 Å². The average Bonchev–Trinajstić information content (AvgIpc) is 3.35. The largest absolute Gasteiger partial charge is 0.394 e. The van der Waals surface area contributed by atoms with E-state index in [1.165, 1.54) is 25.7 Å². The van der Waals surface area contributed by atoms with Crippen molar-refractivity contribution in [3.8, 4) is 0 Å². The van der Waals surface area contributed by atoms with Gasteiger partial charge in [0.2, 0.25) is 5.91 Å². The van der Waals surface area contributed by atoms with Crippen molar-refractivity contribution in [1.82, 2.24) is 5.32 Å². The fourth-order valence-corrected chi connectivity index (χ4v) is 8.31. The molecule has 19 heteroatoms. The predicted octanol–water partition coefficient (Wildman–Crippen LogP) is 1.75. The van der Waals surface area contributed by atoms with Crippen LogP contribution in [-0.4, -0.2) is 193 Å². The van der Waals surface area contributed by atoms with Crippen molar-refractivity contribution in [2.75, 3.05) is 26.4 Å². The van der Waals surface area contributed by atoms with Gasteiger partial charge in [-0.15, -0.1) is 0 Å². The zero-order chi connectivity index (χ0) is 51.3. The van der Waals surface area contributed by atoms with Crippen molar-refractivity contribution in [3.05, 3.63) is 60.8 Å². The number of aliphatic hydroxyl groups excluding tert-OH is 11. The summed E-state index contributed by atoms with van der Waals surface area (Å²) in [4.78, 5) is 13.2. The molecule has 404 valence electrons. The molecule has 19 nitrogen and oxygen atoms in total. The van der Waals surface area contributed by atoms with Crippen LogP contribution >= 0.6 is 0 Å². The first kappa shape index (κ1) is 61.8. The maximum absolute atomic E-state index is 13.2. The number of nitrogens with one attached hydrogen (secondary N) is 1. The lowest BCUT2D eigenvalue weighted by Gasteiger charge is -2.48. The van der Waals surface area contributed by atoms with Crippen molar-refractivity contribution in [2.24, 2.45) is 0 Å². The van der Waals surface area contributed by atoms with Gasteiger partial charge >= 0.3 is 0 Å². The second kappa shape index (κ2) is 35.6. The summed E-state index contributed by atoms with van der Waals surface area (Å²) in [7, 11) is 0. The van der Waals surface area contributed by atoms with Crippen LogP contribution in [0.4, 0.5) is 0 Å². The number of aliphatic hydroxyl groups is 11. The minimum absolute atomic E-state index is 0.212. The van der Waals surface area contributed by atoms with Crippen molar-refractivity contribution < 1.29 is 89.4 Å². The number of unbranched alkanes of at least 4 members (excludes halogenated alkanes) is 11. The Hall–Kier alpha value is -2.51. The summed E-state index contributed by atoms with van der Waals surface area (Å²) in [6.07, 6.45) is 9.74. The summed E-state index contributed by atoms with van der Waals surface area (Å²) in [5, 5.41) is 119. The Morgan fingerprint density at radius 2 is 1.01 bits per heavy atom. The SMILES string of the molecule is C/C=C/CC/C=C/CC/C=C/C(O)C(COC1OC(CO)C(OC2OC(CO)C(OC3OC(CO)C(O)C(O)C3O)C(O)C2O)C(O)C1O)NC(=O)CCCCCCC/C=C\C/C=C\CCCCCC. The smallest absolute Gasteiger partial charge is 0.220 e. The molecule has 3 saturated heterocycles. The van der Waals surface area contributed by atoms with Gasteiger partial charge in [-0.3, -0.25) is 4.79 Å². The monoisotopic (exact) mass is 1000 g/mol. The van der Waals surface area contributed by atoms with E-state index >= 15 is 0 Å². The van der Waals surface area contributed by atoms with Crippen molar-refractivity contribution in [1.29, 1.82) is 0 Å². The fraction of sp³-hybridized carbons (Fsp3) is 0.784. The molecule has 0 aromatic heterocycles. The summed E-state index contributed by atoms with van der Waals surface area (Å²) in [5.74, 6) is -0.312. The lowest BCUT2D eigenvalue weighted by molar-refractivity contribution is -0.379. The van der Waals surface area contributed by atoms with E-state index in [2.05, 4.69) is 54.8 Å². The molecule has 12 N–H and O–H groups in total. The van der Waals surface area contributed by atoms with Gasteiger partial charge in [-0.05, 0) is 71.1 Å². The Morgan fingerprint density at radius 3 is 1.59 bits per heavy atom. The molecule has 0 bridgehead atoms. The third-order valence-electron chi connectivity index (χ3n) is 12.6. The van der Waals surface area contributed by atoms with Crippen LogP contribution in [0.3, 0.4) is 0 Å². The molecule has 3 fully saturated rings. The molecule has 3 rings (SSSR count). The van der Waals surface area contributed by atoms with E-state index in [4.69, 9.17) is 28.4 Å². The van der Waals surface area contributed by atoms with Gasteiger partial charge in [0.1, 0.15) is 73.2 Å². The Labute approximate surface area is 414 Å². The van der Waals surface area contributed by atoms with Crippen LogP contribution in [0.15, 0.2) is 60.8 Å². The third-order valence-corrected chi connectivity index (χ3v) is 12.6. The normalized spacial score (nSPS) is 33.1. The van der Waals surface area contributed by atoms with E-state index in [0.717, 1.165) is 64.2 Å². The molecule has 17 unspecified atom stereocenters. The topological polar surface area (TPSA) is 307 Å². The maximum atomic E-state index is 13.2. The van der Waals surface area contributed by atoms with Gasteiger partial charge in [0, 0.05) is 6.42 Å². The van der Waals surface area contributed by atoms with Gasteiger partial charge < -0.3 is 89.9 Å². The summed E-state index contributed by atoms with van der Waals surface area (Å²) in [6, 6.07) is -1.00. The quantitative estimate of drug-likeness (QED) is 0.0323. The number of rotatable bonds is 34. The molecular formula is C51H87NO18. The molecule has 1 amide bonds. The standard InChI is InChI=1S/C51H87NO18/c1-3-5-7-9-11-13-14-15-16-17-18-19-21-23-25-27-29-39(57)52-34(35(56)28-26-24-22-20-12-10-8-6-4-2)33-65-49-45(63)42(60)47(37(31-54)67-49)70-51-46(64)43(61)48(38(32-55)68-51)69-50-44(62)41(59)40(58)36(30-53)66-50/h4,6,12-14,16-17,20,26,28,34-38,40-51,53-56,58-64H,3,5,7-11,15,18-19,21-25,27,29-33H2,1-2H3,(H,52,57)/b6-4+,14-13-,17-16-,20-12+,28-26+. The van der Waals surface area contributed by atoms with E-state index in [0.29, 0.717) is 12.8 Å². The number of ether oxygens (including phenoxy) is 6. The van der Waals surface area contributed by atoms with E-state index in [1.807, 2.05) is 13.0 Å². The van der Waals surface area contributed by atoms with Crippen LogP contribution in [0, 0.1) is 0 Å². The average molecular weight is 1000 g/mol. The van der Waals surface area contributed by atoms with Gasteiger partial charge in [-0.2, -0.15) is 0 Å². The van der Waals surface area contributed by atoms with Crippen molar-refractivity contribution in [3.63, 3.8) is 0 Å². The van der Waals surface area contributed by atoms with Crippen LogP contribution in [0.2, 0.25) is 0 Å². The van der Waals surface area contributed by atoms with Crippen molar-refractivity contribution >= 4 is 5.91 Å². The minimum Gasteiger partial charge on any atom is -0.394 e. The first-order chi connectivity index (χ1) is 33.8. The van der Waals surface area contributed by atoms with Crippen LogP contribution in [0.5, 0.6) is 0 Å². The number of carbonyl (C=O) groups excluding carboxylic acids is 1. The van der Waals surface area contributed by atoms with Crippen LogP contribution in [0.25, 0.3) is 0 Å². The highest BCUT2D eigenvalue weighted by Gasteiger charge is 2.53. The number of allylic oxidation sites excluding steroid dienone is 9. The third kappa shape index (κ3) is 21.1. The molecule has 0 aromatic carbocycles. The zero-order valence-electron chi connectivity index (χ0n) is 41.2. The highest BCUT2D eigenvalue weighted by molar-refractivity contribution is 5.76. The Bertz CT molecular complexity index is 1530. The summed E-state index contributed by atoms with van der Waals surface area (Å²) in [6.45, 7) is 1.37. The van der Waals surface area contributed by atoms with E-state index < -0.39 is 124 Å². The molecule has 0 aromatic rings. The lowest BCUT2D eigenvalue weighted by Crippen LogP contribution is -2.66. The number of hydrogen-bond acceptors (Lipinski definition) is 18. The molecule has 0 saturated carbocycles. The highest BCUT2D eigenvalue weighted by Crippen LogP contribution is 2.33. The van der Waals surface area contributed by atoms with Crippen molar-refractivity contribution in [2.45, 2.75) is 227 Å². The number of hydrogen-bond donors (Lipinski definition) is 12. The molecule has 3 aliphatic heterocycles. The fourth-order valence-electron chi connectivity index (χ4n) is 8.31. The van der Waals surface area contributed by atoms with Gasteiger partial charge in [0.25, 0.3) is 0 Å².